The Balaban J connectivity index is 1.80. The van der Waals surface area contributed by atoms with E-state index in [1.165, 1.54) is 12.1 Å². The number of benzene rings is 2. The average molecular weight is 491 g/mol. The zero-order chi connectivity index (χ0) is 25.9. The van der Waals surface area contributed by atoms with Crippen LogP contribution in [0.25, 0.3) is 10.9 Å². The van der Waals surface area contributed by atoms with Gasteiger partial charge in [0.15, 0.2) is 5.82 Å². The number of rotatable bonds is 10. The SMILES string of the molecule is CCC[C@@H](c1nnnn1C(C)(C)CC)N(Cc1ccc(F)cc1)Cc1cc2cccc(C)c2[nH]c1=O. The van der Waals surface area contributed by atoms with Gasteiger partial charge in [0.05, 0.1) is 17.1 Å². The van der Waals surface area contributed by atoms with E-state index in [0.717, 1.165) is 47.1 Å². The molecule has 0 aliphatic rings. The standard InChI is InChI=1S/C28H35FN6O/c1-6-9-24(26-31-32-33-35(26)28(4,5)7-2)34(17-20-12-14-23(29)15-13-20)18-22-16-21-11-8-10-19(3)25(21)30-27(22)36/h8,10-16,24H,6-7,9,17-18H2,1-5H3,(H,30,36)/t24-/m0/s1. The van der Waals surface area contributed by atoms with Crippen LogP contribution in [0.15, 0.2) is 53.3 Å². The minimum absolute atomic E-state index is 0.107. The van der Waals surface area contributed by atoms with Crippen LogP contribution in [0.3, 0.4) is 0 Å². The fourth-order valence-corrected chi connectivity index (χ4v) is 4.60. The molecular formula is C28H35FN6O. The highest BCUT2D eigenvalue weighted by Crippen LogP contribution is 2.31. The van der Waals surface area contributed by atoms with Crippen molar-refractivity contribution in [2.45, 2.75) is 78.6 Å². The second-order valence-electron chi connectivity index (χ2n) is 10.1. The molecule has 1 atom stereocenters. The molecule has 0 bridgehead atoms. The van der Waals surface area contributed by atoms with Crippen LogP contribution in [0.5, 0.6) is 0 Å². The number of aryl methyl sites for hydroxylation is 1. The Hall–Kier alpha value is -3.39. The van der Waals surface area contributed by atoms with Gasteiger partial charge in [-0.2, -0.15) is 0 Å². The molecule has 2 aromatic carbocycles. The smallest absolute Gasteiger partial charge is 0.252 e. The van der Waals surface area contributed by atoms with Gasteiger partial charge in [-0.1, -0.05) is 50.6 Å². The van der Waals surface area contributed by atoms with Crippen molar-refractivity contribution in [2.75, 3.05) is 0 Å². The summed E-state index contributed by atoms with van der Waals surface area (Å²) in [4.78, 5) is 18.5. The molecule has 0 radical (unpaired) electrons. The highest BCUT2D eigenvalue weighted by Gasteiger charge is 2.31. The zero-order valence-electron chi connectivity index (χ0n) is 21.8. The number of aromatic nitrogens is 5. The molecule has 4 aromatic rings. The minimum atomic E-state index is -0.273. The maximum atomic E-state index is 13.6. The number of fused-ring (bicyclic) bond motifs is 1. The molecule has 4 rings (SSSR count). The van der Waals surface area contributed by atoms with Gasteiger partial charge in [0.25, 0.3) is 5.56 Å². The number of nitrogens with one attached hydrogen (secondary N) is 1. The summed E-state index contributed by atoms with van der Waals surface area (Å²) in [6.45, 7) is 11.4. The molecule has 8 heteroatoms. The van der Waals surface area contributed by atoms with Crippen molar-refractivity contribution < 1.29 is 4.39 Å². The van der Waals surface area contributed by atoms with Gasteiger partial charge in [0.1, 0.15) is 5.82 Å². The van der Waals surface area contributed by atoms with Crippen LogP contribution in [0.4, 0.5) is 4.39 Å². The van der Waals surface area contributed by atoms with E-state index in [4.69, 9.17) is 0 Å². The molecule has 0 unspecified atom stereocenters. The van der Waals surface area contributed by atoms with Gasteiger partial charge >= 0.3 is 0 Å². The quantitative estimate of drug-likeness (QED) is 0.311. The summed E-state index contributed by atoms with van der Waals surface area (Å²) in [6, 6.07) is 14.4. The number of para-hydroxylation sites is 1. The van der Waals surface area contributed by atoms with Crippen molar-refractivity contribution in [3.8, 4) is 0 Å². The molecule has 36 heavy (non-hydrogen) atoms. The van der Waals surface area contributed by atoms with E-state index >= 15 is 0 Å². The summed E-state index contributed by atoms with van der Waals surface area (Å²) >= 11 is 0. The molecule has 0 saturated heterocycles. The number of aromatic amines is 1. The fourth-order valence-electron chi connectivity index (χ4n) is 4.60. The second-order valence-corrected chi connectivity index (χ2v) is 10.1. The Morgan fingerprint density at radius 2 is 1.86 bits per heavy atom. The summed E-state index contributed by atoms with van der Waals surface area (Å²) in [7, 11) is 0. The van der Waals surface area contributed by atoms with E-state index in [1.54, 1.807) is 12.1 Å². The third-order valence-corrected chi connectivity index (χ3v) is 7.07. The Bertz CT molecular complexity index is 1380. The van der Waals surface area contributed by atoms with Crippen molar-refractivity contribution in [2.24, 2.45) is 0 Å². The van der Waals surface area contributed by atoms with E-state index in [9.17, 15) is 9.18 Å². The lowest BCUT2D eigenvalue weighted by molar-refractivity contribution is 0.145. The van der Waals surface area contributed by atoms with Gasteiger partial charge in [-0.25, -0.2) is 9.07 Å². The first kappa shape index (κ1) is 25.7. The number of pyridine rings is 1. The third-order valence-electron chi connectivity index (χ3n) is 7.07. The predicted octanol–water partition coefficient (Wildman–Crippen LogP) is 5.65. The van der Waals surface area contributed by atoms with Crippen LogP contribution < -0.4 is 5.56 Å². The first-order chi connectivity index (χ1) is 17.2. The van der Waals surface area contributed by atoms with Crippen LogP contribution in [0.2, 0.25) is 0 Å². The Morgan fingerprint density at radius 1 is 1.11 bits per heavy atom. The lowest BCUT2D eigenvalue weighted by Crippen LogP contribution is -2.36. The summed E-state index contributed by atoms with van der Waals surface area (Å²) in [6.07, 6.45) is 2.59. The van der Waals surface area contributed by atoms with E-state index in [2.05, 4.69) is 53.1 Å². The van der Waals surface area contributed by atoms with Gasteiger partial charge in [-0.15, -0.1) is 5.10 Å². The number of tetrazole rings is 1. The average Bonchev–Trinajstić information content (AvgIpc) is 3.35. The van der Waals surface area contributed by atoms with E-state index in [-0.39, 0.29) is 23.0 Å². The molecule has 2 aromatic heterocycles. The lowest BCUT2D eigenvalue weighted by atomic mass is 10.00. The van der Waals surface area contributed by atoms with E-state index < -0.39 is 0 Å². The Morgan fingerprint density at radius 3 is 2.56 bits per heavy atom. The maximum absolute atomic E-state index is 13.6. The second kappa shape index (κ2) is 10.7. The first-order valence-corrected chi connectivity index (χ1v) is 12.6. The normalized spacial score (nSPS) is 13.0. The van der Waals surface area contributed by atoms with Crippen molar-refractivity contribution in [3.63, 3.8) is 0 Å². The molecule has 190 valence electrons. The number of nitrogens with zero attached hydrogens (tertiary/aromatic N) is 5. The summed E-state index contributed by atoms with van der Waals surface area (Å²) in [5.41, 5.74) is 3.15. The van der Waals surface area contributed by atoms with Crippen LogP contribution in [-0.2, 0) is 18.6 Å². The molecule has 7 nitrogen and oxygen atoms in total. The molecule has 0 saturated carbocycles. The molecule has 2 heterocycles. The van der Waals surface area contributed by atoms with Crippen molar-refractivity contribution in [1.29, 1.82) is 0 Å². The molecule has 0 amide bonds. The summed E-state index contributed by atoms with van der Waals surface area (Å²) in [5, 5.41) is 13.8. The number of hydrogen-bond acceptors (Lipinski definition) is 5. The summed E-state index contributed by atoms with van der Waals surface area (Å²) < 4.78 is 15.6. The molecule has 1 N–H and O–H groups in total. The van der Waals surface area contributed by atoms with Gasteiger partial charge in [0.2, 0.25) is 0 Å². The largest absolute Gasteiger partial charge is 0.321 e. The highest BCUT2D eigenvalue weighted by molar-refractivity contribution is 5.81. The molecule has 0 aliphatic heterocycles. The Kier molecular flexibility index (Phi) is 7.64. The molecular weight excluding hydrogens is 455 g/mol. The predicted molar refractivity (Wildman–Crippen MR) is 140 cm³/mol. The zero-order valence-corrected chi connectivity index (χ0v) is 21.8. The molecule has 0 fully saturated rings. The maximum Gasteiger partial charge on any atom is 0.252 e. The van der Waals surface area contributed by atoms with Crippen molar-refractivity contribution in [3.05, 3.63) is 87.2 Å². The van der Waals surface area contributed by atoms with Gasteiger partial charge in [-0.3, -0.25) is 9.69 Å². The molecule has 0 aliphatic carbocycles. The van der Waals surface area contributed by atoms with Gasteiger partial charge < -0.3 is 4.98 Å². The first-order valence-electron chi connectivity index (χ1n) is 12.6. The van der Waals surface area contributed by atoms with Crippen molar-refractivity contribution >= 4 is 10.9 Å². The van der Waals surface area contributed by atoms with Crippen LogP contribution >= 0.6 is 0 Å². The van der Waals surface area contributed by atoms with Gasteiger partial charge in [0, 0.05) is 18.7 Å². The van der Waals surface area contributed by atoms with Gasteiger partial charge in [-0.05, 0) is 78.8 Å². The minimum Gasteiger partial charge on any atom is -0.321 e. The number of hydrogen-bond donors (Lipinski definition) is 1. The summed E-state index contributed by atoms with van der Waals surface area (Å²) in [5.74, 6) is 0.504. The highest BCUT2D eigenvalue weighted by atomic mass is 19.1. The number of halogens is 1. The van der Waals surface area contributed by atoms with Crippen molar-refractivity contribution in [1.82, 2.24) is 30.1 Å². The Labute approximate surface area is 211 Å². The number of H-pyrrole nitrogens is 1. The van der Waals surface area contributed by atoms with Crippen LogP contribution in [0, 0.1) is 12.7 Å². The van der Waals surface area contributed by atoms with E-state index in [0.29, 0.717) is 18.7 Å². The van der Waals surface area contributed by atoms with E-state index in [1.807, 2.05) is 35.9 Å². The lowest BCUT2D eigenvalue weighted by Gasteiger charge is -2.33. The topological polar surface area (TPSA) is 79.7 Å². The third kappa shape index (κ3) is 5.38. The van der Waals surface area contributed by atoms with Crippen LogP contribution in [0.1, 0.15) is 75.5 Å². The fraction of sp³-hybridized carbons (Fsp3) is 0.429. The monoisotopic (exact) mass is 490 g/mol. The van der Waals surface area contributed by atoms with Crippen LogP contribution in [-0.4, -0.2) is 30.1 Å². The molecule has 0 spiro atoms.